The molecule has 0 radical (unpaired) electrons. The Morgan fingerprint density at radius 3 is 0.379 bits per heavy atom. The van der Waals surface area contributed by atoms with Crippen LogP contribution in [0.25, 0.3) is 10.6 Å². The molecule has 4 aromatic rings. The summed E-state index contributed by atoms with van der Waals surface area (Å²) in [5.74, 6) is 0. The molecule has 0 aromatic heterocycles. The van der Waals surface area contributed by atoms with E-state index in [-0.39, 0.29) is 148 Å². The van der Waals surface area contributed by atoms with Gasteiger partial charge in [0.15, 0.2) is 0 Å². The maximum Gasteiger partial charge on any atom is 3.00 e. The van der Waals surface area contributed by atoms with Gasteiger partial charge < -0.3 is 117 Å². The van der Waals surface area contributed by atoms with E-state index in [9.17, 15) is 121 Å². The average molecular weight is 1370 g/mol. The van der Waals surface area contributed by atoms with Crippen molar-refractivity contribution in [1.29, 1.82) is 0 Å². The van der Waals surface area contributed by atoms with E-state index in [0.29, 0.717) is 0 Å². The smallest absolute Gasteiger partial charge is 0.635 e. The van der Waals surface area contributed by atoms with Gasteiger partial charge in [-0.3, -0.25) is 121 Å². The molecule has 30 N–H and O–H groups in total. The molecule has 0 bridgehead atoms. The second-order valence-corrected chi connectivity index (χ2v) is 10.9. The van der Waals surface area contributed by atoms with Gasteiger partial charge in [0.05, 0.1) is 108 Å². The van der Waals surface area contributed by atoms with Gasteiger partial charge in [0, 0.05) is 22.7 Å². The second kappa shape index (κ2) is 52.8. The van der Waals surface area contributed by atoms with Crippen LogP contribution >= 0.6 is 0 Å². The van der Waals surface area contributed by atoms with Crippen molar-refractivity contribution in [3.63, 3.8) is 0 Å². The van der Waals surface area contributed by atoms with Crippen LogP contribution in [0.2, 0.25) is 0 Å². The van der Waals surface area contributed by atoms with E-state index in [0.717, 1.165) is 21.4 Å². The van der Waals surface area contributed by atoms with Crippen molar-refractivity contribution in [3.05, 3.63) is 221 Å². The van der Waals surface area contributed by atoms with Gasteiger partial charge in [-0.2, -0.15) is 0 Å². The molecule has 0 heterocycles. The first-order valence-electron chi connectivity index (χ1n) is 16.0. The molecular weight excluding hydrogens is 1330 g/mol. The zero-order valence-corrected chi connectivity index (χ0v) is 43.6. The first kappa shape index (κ1) is 114. The summed E-state index contributed by atoms with van der Waals surface area (Å²) in [6.45, 7) is 0. The van der Waals surface area contributed by atoms with Crippen LogP contribution in [-0.2, 0) is 33.6 Å². The summed E-state index contributed by atoms with van der Waals surface area (Å²) >= 11 is 0. The number of benzene rings is 4. The molecule has 0 fully saturated rings. The summed E-state index contributed by atoms with van der Waals surface area (Å²) in [6.07, 6.45) is 0. The Balaban J connectivity index is -0.0000000686. The second-order valence-electron chi connectivity index (χ2n) is 10.9. The molecule has 4 aromatic carbocycles. The molecule has 0 aliphatic rings. The van der Waals surface area contributed by atoms with Crippen LogP contribution in [0.5, 0.6) is 0 Å². The largest absolute Gasteiger partial charge is 3.00 e. The molecule has 0 saturated heterocycles. The molecule has 0 unspecified atom stereocenters. The number of hydrogen-bond donors (Lipinski definition) is 8. The van der Waals surface area contributed by atoms with Crippen molar-refractivity contribution in [3.8, 4) is 0 Å². The van der Waals surface area contributed by atoms with Crippen LogP contribution in [0, 0.1) is 162 Å². The molecule has 61 nitrogen and oxygen atoms in total. The maximum atomic E-state index is 11.3. The molecule has 492 valence electrons. The Labute approximate surface area is 491 Å². The van der Waals surface area contributed by atoms with Gasteiger partial charge in [-0.15, -0.1) is 21.4 Å². The molecule has 0 aliphatic carbocycles. The number of rotatable bonds is 16. The van der Waals surface area contributed by atoms with E-state index in [1.807, 2.05) is 0 Å². The number of non-ortho nitro benzene ring substituents is 4. The number of hydrogen-bond acceptors (Lipinski definition) is 44. The SMILES string of the molecule is N.N.N.N.N.N.N.N.O.O.O.O=N[O-].O=N[O-].O=N[O-].O=N[O-].O=[N+]([O-])c1cc([N+](=O)[O-])c([N-]c2c([N+](=O)[O-])cc([N+](=O)[O-])cc2[N+](=O)[O-])c([N+](=O)[O-])c1.O=[N+]([O-])c1cc([N+](=O)[O-])c([N-]c2c([N+](=O)[O-])cc([N+](=O)[O-])cc2[N+](=O)[O-])c([N+](=O)[O-])c1.[Co+3].[Co+3]. The van der Waals surface area contributed by atoms with E-state index in [2.05, 4.69) is 10.6 Å². The molecular formula is C24H38Co2N26O35. The first-order valence-corrected chi connectivity index (χ1v) is 16.0. The fourth-order valence-electron chi connectivity index (χ4n) is 4.58. The molecule has 0 aliphatic heterocycles. The Kier molecular flexibility index (Phi) is 69.0. The Bertz CT molecular complexity index is 2480. The molecule has 0 amide bonds. The van der Waals surface area contributed by atoms with Crippen molar-refractivity contribution in [1.82, 2.24) is 49.2 Å². The minimum atomic E-state index is -1.36. The van der Waals surface area contributed by atoms with Crippen LogP contribution in [-0.4, -0.2) is 75.5 Å². The number of nitrogens with zero attached hydrogens (tertiary/aromatic N) is 18. The van der Waals surface area contributed by atoms with Crippen LogP contribution in [0.3, 0.4) is 0 Å². The van der Waals surface area contributed by atoms with Crippen LogP contribution < -0.4 is 49.2 Å². The monoisotopic (exact) mass is 1370 g/mol. The van der Waals surface area contributed by atoms with Crippen molar-refractivity contribution in [2.24, 2.45) is 21.4 Å². The zero-order valence-electron chi connectivity index (χ0n) is 41.6. The number of nitro benzene ring substituents is 12. The molecule has 0 spiro atoms. The first-order chi connectivity index (χ1) is 34.3. The summed E-state index contributed by atoms with van der Waals surface area (Å²) in [7, 11) is 0. The Morgan fingerprint density at radius 2 is 0.322 bits per heavy atom. The minimum absolute atomic E-state index is 0. The van der Waals surface area contributed by atoms with Gasteiger partial charge in [0.2, 0.25) is 0 Å². The standard InChI is InChI=1S/2C12H4N7O12.2Co.4HNO2.8H3N.3H2O/c2*20-14(21)5-1-7(16(24)25)11(8(2-5)17(26)27)13-12-9(18(28)29)3-6(15(22)23)4-10(12)19(30)31;;;4*2-1-3;;;;;;;;;;;/h2*1-4H;;;4*(H,2,3);8*1H3;3*1H2/q2*-1;2*+3;;;;;;;;;;;;;;;/p-4. The molecule has 0 saturated carbocycles. The van der Waals surface area contributed by atoms with Gasteiger partial charge in [-0.05, 0) is 0 Å². The van der Waals surface area contributed by atoms with Crippen molar-refractivity contribution in [2.75, 3.05) is 0 Å². The summed E-state index contributed by atoms with van der Waals surface area (Å²) in [4.78, 5) is 150. The molecule has 63 heteroatoms. The average Bonchev–Trinajstić information content (AvgIpc) is 3.29. The molecule has 4 rings (SSSR count). The number of nitro groups is 12. The van der Waals surface area contributed by atoms with Gasteiger partial charge >= 0.3 is 33.6 Å². The summed E-state index contributed by atoms with van der Waals surface area (Å²) < 4.78 is 0. The van der Waals surface area contributed by atoms with Crippen molar-refractivity contribution >= 4 is 91.0 Å². The van der Waals surface area contributed by atoms with E-state index in [4.69, 9.17) is 40.5 Å². The molecule has 0 atom stereocenters. The normalized spacial score (nSPS) is 7.82. The van der Waals surface area contributed by atoms with Gasteiger partial charge in [0.25, 0.3) is 68.2 Å². The molecule has 87 heavy (non-hydrogen) atoms. The van der Waals surface area contributed by atoms with E-state index < -0.39 is 150 Å². The third-order valence-corrected chi connectivity index (χ3v) is 7.08. The fraction of sp³-hybridized carbons (Fsp3) is 0. The summed E-state index contributed by atoms with van der Waals surface area (Å²) in [5.41, 5.74) is -20.3. The van der Waals surface area contributed by atoms with E-state index in [1.165, 1.54) is 0 Å². The van der Waals surface area contributed by atoms with Crippen LogP contribution in [0.1, 0.15) is 0 Å². The fourth-order valence-corrected chi connectivity index (χ4v) is 4.58. The van der Waals surface area contributed by atoms with Gasteiger partial charge in [0.1, 0.15) is 0 Å². The van der Waals surface area contributed by atoms with Gasteiger partial charge in [-0.1, -0.05) is 0 Å². The van der Waals surface area contributed by atoms with Crippen LogP contribution in [0.4, 0.5) is 91.0 Å². The van der Waals surface area contributed by atoms with Crippen molar-refractivity contribution < 1.29 is 109 Å². The van der Waals surface area contributed by atoms with Gasteiger partial charge in [-0.25, -0.2) is 0 Å². The third-order valence-electron chi connectivity index (χ3n) is 7.08. The maximum absolute atomic E-state index is 11.3. The predicted molar refractivity (Wildman–Crippen MR) is 279 cm³/mol. The van der Waals surface area contributed by atoms with Crippen molar-refractivity contribution in [2.45, 2.75) is 0 Å². The Hall–Kier alpha value is -12.5. The quantitative estimate of drug-likeness (QED) is 0.0326. The van der Waals surface area contributed by atoms with E-state index in [1.54, 1.807) is 0 Å². The topological polar surface area (TPSA) is 1130 Å². The van der Waals surface area contributed by atoms with E-state index >= 15 is 0 Å². The summed E-state index contributed by atoms with van der Waals surface area (Å²) in [6, 6.07) is 2.07. The van der Waals surface area contributed by atoms with Crippen LogP contribution in [0.15, 0.2) is 69.9 Å². The third kappa shape index (κ3) is 32.5. The summed E-state index contributed by atoms with van der Waals surface area (Å²) in [5, 5.41) is 176. The predicted octanol–water partition coefficient (Wildman–Crippen LogP) is 6.76. The minimum Gasteiger partial charge on any atom is -0.635 e. The zero-order chi connectivity index (χ0) is 58.1. The Morgan fingerprint density at radius 1 is 0.241 bits per heavy atom.